The molecule has 0 bridgehead atoms. The van der Waals surface area contributed by atoms with Gasteiger partial charge in [-0.2, -0.15) is 0 Å². The van der Waals surface area contributed by atoms with Crippen LogP contribution in [0.5, 0.6) is 0 Å². The van der Waals surface area contributed by atoms with E-state index < -0.39 is 0 Å². The molecule has 35 heavy (non-hydrogen) atoms. The van der Waals surface area contributed by atoms with E-state index in [0.717, 1.165) is 65.5 Å². The van der Waals surface area contributed by atoms with Crippen molar-refractivity contribution in [2.24, 2.45) is 11.3 Å². The smallest absolute Gasteiger partial charge is 0.228 e. The molecule has 5 heteroatoms. The fraction of sp³-hybridized carbons (Fsp3) is 0.333. The molecule has 2 fully saturated rings. The number of aryl methyl sites for hydroxylation is 2. The van der Waals surface area contributed by atoms with E-state index in [1.165, 1.54) is 11.1 Å². The molecule has 1 saturated heterocycles. The highest BCUT2D eigenvalue weighted by Gasteiger charge is 2.58. The number of rotatable bonds is 4. The van der Waals surface area contributed by atoms with Crippen molar-refractivity contribution in [2.45, 2.75) is 39.5 Å². The monoisotopic (exact) mass is 466 g/mol. The zero-order valence-corrected chi connectivity index (χ0v) is 20.3. The van der Waals surface area contributed by atoms with Gasteiger partial charge in [0.15, 0.2) is 0 Å². The van der Waals surface area contributed by atoms with E-state index in [-0.39, 0.29) is 23.1 Å². The number of hydrogen-bond donors (Lipinski definition) is 1. The molecule has 2 amide bonds. The lowest BCUT2D eigenvalue weighted by Crippen LogP contribution is -2.41. The molecule has 1 unspecified atom stereocenters. The van der Waals surface area contributed by atoms with Gasteiger partial charge in [-0.3, -0.25) is 9.59 Å². The molecule has 6 rings (SSSR count). The summed E-state index contributed by atoms with van der Waals surface area (Å²) in [7, 11) is 0. The molecule has 1 spiro atoms. The Hall–Kier alpha value is -3.60. The number of benzene rings is 3. The molecule has 1 aromatic heterocycles. The summed E-state index contributed by atoms with van der Waals surface area (Å²) < 4.78 is 5.90. The summed E-state index contributed by atoms with van der Waals surface area (Å²) in [5.41, 5.74) is 6.07. The molecule has 1 N–H and O–H groups in total. The van der Waals surface area contributed by atoms with Crippen molar-refractivity contribution >= 4 is 39.4 Å². The van der Waals surface area contributed by atoms with Crippen molar-refractivity contribution in [3.8, 4) is 0 Å². The predicted molar refractivity (Wildman–Crippen MR) is 138 cm³/mol. The van der Waals surface area contributed by atoms with Crippen molar-refractivity contribution in [3.63, 3.8) is 0 Å². The average molecular weight is 467 g/mol. The summed E-state index contributed by atoms with van der Waals surface area (Å²) in [4.78, 5) is 27.9. The van der Waals surface area contributed by atoms with Crippen LogP contribution in [0.1, 0.15) is 36.0 Å². The Morgan fingerprint density at radius 3 is 2.51 bits per heavy atom. The molecular formula is C30H30N2O3. The Labute approximate surface area is 205 Å². The van der Waals surface area contributed by atoms with Crippen molar-refractivity contribution in [3.05, 3.63) is 77.4 Å². The number of carbonyl (C=O) groups is 2. The number of amides is 2. The minimum Gasteiger partial charge on any atom is -0.456 e. The summed E-state index contributed by atoms with van der Waals surface area (Å²) >= 11 is 0. The maximum atomic E-state index is 13.1. The van der Waals surface area contributed by atoms with E-state index in [2.05, 4.69) is 37.4 Å². The number of nitrogens with one attached hydrogen (secondary N) is 1. The van der Waals surface area contributed by atoms with Crippen LogP contribution < -0.4 is 5.32 Å². The first kappa shape index (κ1) is 21.9. The molecule has 0 radical (unpaired) electrons. The summed E-state index contributed by atoms with van der Waals surface area (Å²) in [6.45, 7) is 5.65. The number of hydrogen-bond acceptors (Lipinski definition) is 3. The van der Waals surface area contributed by atoms with Crippen molar-refractivity contribution in [1.82, 2.24) is 4.90 Å². The predicted octanol–water partition coefficient (Wildman–Crippen LogP) is 6.01. The van der Waals surface area contributed by atoms with Crippen LogP contribution in [-0.4, -0.2) is 29.8 Å². The second-order valence-electron chi connectivity index (χ2n) is 10.4. The standard InChI is InChI=1S/C30H30N2O3/c1-19-7-8-21(15-20(19)2)16-28(33)32-13-11-30(12-14-32)18-25(30)29(34)31-22-9-10-27-24(17-22)23-5-3-4-6-26(23)35-27/h3-10,15,17,25H,11-14,16,18H2,1-2H3,(H,31,34). The molecule has 2 aliphatic rings. The first-order chi connectivity index (χ1) is 16.9. The van der Waals surface area contributed by atoms with Gasteiger partial charge in [0.1, 0.15) is 11.2 Å². The lowest BCUT2D eigenvalue weighted by atomic mass is 9.90. The number of para-hydroxylation sites is 1. The number of fused-ring (bicyclic) bond motifs is 3. The maximum Gasteiger partial charge on any atom is 0.228 e. The molecule has 1 aliphatic carbocycles. The third kappa shape index (κ3) is 3.99. The number of nitrogens with zero attached hydrogens (tertiary/aromatic N) is 1. The first-order valence-corrected chi connectivity index (χ1v) is 12.5. The van der Waals surface area contributed by atoms with E-state index >= 15 is 0 Å². The van der Waals surface area contributed by atoms with Gasteiger partial charge in [0.25, 0.3) is 0 Å². The second-order valence-corrected chi connectivity index (χ2v) is 10.4. The Bertz CT molecular complexity index is 1460. The van der Waals surface area contributed by atoms with E-state index in [0.29, 0.717) is 6.42 Å². The number of carbonyl (C=O) groups excluding carboxylic acids is 2. The maximum absolute atomic E-state index is 13.1. The lowest BCUT2D eigenvalue weighted by molar-refractivity contribution is -0.132. The van der Waals surface area contributed by atoms with E-state index in [9.17, 15) is 9.59 Å². The average Bonchev–Trinajstić information content (AvgIpc) is 3.43. The molecule has 1 atom stereocenters. The third-order valence-corrected chi connectivity index (χ3v) is 8.19. The largest absolute Gasteiger partial charge is 0.456 e. The Morgan fingerprint density at radius 2 is 1.71 bits per heavy atom. The summed E-state index contributed by atoms with van der Waals surface area (Å²) in [6.07, 6.45) is 3.16. The van der Waals surface area contributed by atoms with Crippen LogP contribution in [-0.2, 0) is 16.0 Å². The minimum atomic E-state index is 0.0243. The van der Waals surface area contributed by atoms with E-state index in [4.69, 9.17) is 4.42 Å². The van der Waals surface area contributed by atoms with E-state index in [1.807, 2.05) is 47.4 Å². The van der Waals surface area contributed by atoms with Crippen LogP contribution in [0.4, 0.5) is 5.69 Å². The molecule has 178 valence electrons. The van der Waals surface area contributed by atoms with Gasteiger partial charge in [0.2, 0.25) is 11.8 Å². The molecule has 3 aromatic carbocycles. The number of piperidine rings is 1. The third-order valence-electron chi connectivity index (χ3n) is 8.19. The quantitative estimate of drug-likeness (QED) is 0.400. The van der Waals surface area contributed by atoms with Crippen molar-refractivity contribution in [1.29, 1.82) is 0 Å². The summed E-state index contributed by atoms with van der Waals surface area (Å²) in [6, 6.07) is 20.0. The second kappa shape index (κ2) is 8.26. The Morgan fingerprint density at radius 1 is 0.943 bits per heavy atom. The molecule has 2 heterocycles. The van der Waals surface area contributed by atoms with Crippen LogP contribution in [0.25, 0.3) is 21.9 Å². The minimum absolute atomic E-state index is 0.0243. The van der Waals surface area contributed by atoms with Crippen molar-refractivity contribution < 1.29 is 14.0 Å². The molecule has 1 saturated carbocycles. The van der Waals surface area contributed by atoms with Crippen LogP contribution in [0.2, 0.25) is 0 Å². The Balaban J connectivity index is 1.07. The number of furan rings is 1. The zero-order chi connectivity index (χ0) is 24.2. The van der Waals surface area contributed by atoms with Crippen LogP contribution in [0.15, 0.2) is 65.1 Å². The normalized spacial score (nSPS) is 18.8. The van der Waals surface area contributed by atoms with Gasteiger partial charge < -0.3 is 14.6 Å². The topological polar surface area (TPSA) is 62.6 Å². The van der Waals surface area contributed by atoms with Gasteiger partial charge in [-0.15, -0.1) is 0 Å². The Kier molecular flexibility index (Phi) is 5.17. The fourth-order valence-electron chi connectivity index (χ4n) is 5.71. The van der Waals surface area contributed by atoms with Gasteiger partial charge in [-0.1, -0.05) is 36.4 Å². The molecule has 5 nitrogen and oxygen atoms in total. The summed E-state index contributed by atoms with van der Waals surface area (Å²) in [5.74, 6) is 0.300. The first-order valence-electron chi connectivity index (χ1n) is 12.5. The highest BCUT2D eigenvalue weighted by Crippen LogP contribution is 2.59. The van der Waals surface area contributed by atoms with E-state index in [1.54, 1.807) is 0 Å². The highest BCUT2D eigenvalue weighted by molar-refractivity contribution is 6.07. The highest BCUT2D eigenvalue weighted by atomic mass is 16.3. The van der Waals surface area contributed by atoms with Gasteiger partial charge in [-0.05, 0) is 79.5 Å². The van der Waals surface area contributed by atoms with Gasteiger partial charge in [0, 0.05) is 35.5 Å². The zero-order valence-electron chi connectivity index (χ0n) is 20.3. The van der Waals surface area contributed by atoms with Crippen LogP contribution in [0, 0.1) is 25.2 Å². The van der Waals surface area contributed by atoms with Gasteiger partial charge >= 0.3 is 0 Å². The SMILES string of the molecule is Cc1ccc(CC(=O)N2CCC3(CC2)CC3C(=O)Nc2ccc3oc4ccccc4c3c2)cc1C. The van der Waals surface area contributed by atoms with Crippen LogP contribution in [0.3, 0.4) is 0 Å². The van der Waals surface area contributed by atoms with Gasteiger partial charge in [0.05, 0.1) is 6.42 Å². The molecule has 4 aromatic rings. The van der Waals surface area contributed by atoms with Gasteiger partial charge in [-0.25, -0.2) is 0 Å². The summed E-state index contributed by atoms with van der Waals surface area (Å²) in [5, 5.41) is 5.21. The molecule has 1 aliphatic heterocycles. The number of anilines is 1. The van der Waals surface area contributed by atoms with Crippen molar-refractivity contribution in [2.75, 3.05) is 18.4 Å². The molecular weight excluding hydrogens is 436 g/mol. The fourth-order valence-corrected chi connectivity index (χ4v) is 5.71. The number of likely N-dealkylation sites (tertiary alicyclic amines) is 1. The van der Waals surface area contributed by atoms with Crippen LogP contribution >= 0.6 is 0 Å². The lowest BCUT2D eigenvalue weighted by Gasteiger charge is -2.33.